The van der Waals surface area contributed by atoms with E-state index < -0.39 is 15.2 Å². The Morgan fingerprint density at radius 1 is 0.593 bits per heavy atom. The Kier molecular flexibility index (Phi) is 14.6. The first-order valence-electron chi connectivity index (χ1n) is 10.9. The molecule has 27 heavy (non-hydrogen) atoms. The molecule has 1 saturated heterocycles. The van der Waals surface area contributed by atoms with E-state index in [1.807, 2.05) is 13.8 Å². The zero-order valence-corrected chi connectivity index (χ0v) is 23.3. The maximum Gasteiger partial charge on any atom is 4.00 e. The van der Waals surface area contributed by atoms with E-state index in [1.54, 1.807) is 0 Å². The fourth-order valence-corrected chi connectivity index (χ4v) is 12.7. The molecule has 0 unspecified atom stereocenters. The van der Waals surface area contributed by atoms with Crippen molar-refractivity contribution < 1.29 is 35.7 Å². The van der Waals surface area contributed by atoms with Crippen molar-refractivity contribution in [2.75, 3.05) is 13.2 Å². The van der Waals surface area contributed by atoms with Gasteiger partial charge in [0.15, 0.2) is 0 Å². The van der Waals surface area contributed by atoms with E-state index in [1.165, 1.54) is 74.6 Å². The van der Waals surface area contributed by atoms with E-state index in [0.717, 1.165) is 0 Å². The van der Waals surface area contributed by atoms with Crippen LogP contribution in [-0.2, 0) is 35.7 Å². The smallest absolute Gasteiger partial charge is 0.613 e. The third-order valence-electron chi connectivity index (χ3n) is 6.20. The minimum Gasteiger partial charge on any atom is -0.613 e. The first-order valence-corrected chi connectivity index (χ1v) is 17.9. The summed E-state index contributed by atoms with van der Waals surface area (Å²) in [6.07, 6.45) is 21.2. The third-order valence-corrected chi connectivity index (χ3v) is 23.7. The molecule has 3 rings (SSSR count). The molecule has 0 bridgehead atoms. The molecular formula is C22H42O2Si2Zr+2. The van der Waals surface area contributed by atoms with Crippen molar-refractivity contribution in [1.82, 2.24) is 0 Å². The summed E-state index contributed by atoms with van der Waals surface area (Å²) in [5.74, 6) is 0. The van der Waals surface area contributed by atoms with Crippen molar-refractivity contribution >= 4 is 15.2 Å². The minimum atomic E-state index is -1.32. The maximum absolute atomic E-state index is 5.33. The summed E-state index contributed by atoms with van der Waals surface area (Å²) in [5.41, 5.74) is 0. The Hall–Kier alpha value is 0.397. The fourth-order valence-electron chi connectivity index (χ4n) is 3.60. The average molecular weight is 486 g/mol. The Labute approximate surface area is 190 Å². The Morgan fingerprint density at radius 3 is 1.00 bits per heavy atom. The van der Waals surface area contributed by atoms with Crippen molar-refractivity contribution in [3.8, 4) is 0 Å². The molecular weight excluding hydrogens is 444 g/mol. The molecule has 0 aromatic rings. The Bertz CT molecular complexity index is 394. The molecule has 0 N–H and O–H groups in total. The van der Waals surface area contributed by atoms with Crippen LogP contribution in [0.5, 0.6) is 0 Å². The average Bonchev–Trinajstić information content (AvgIpc) is 3.35. The zero-order valence-electron chi connectivity index (χ0n) is 18.8. The summed E-state index contributed by atoms with van der Waals surface area (Å²) in [4.78, 5) is 0. The Morgan fingerprint density at radius 2 is 0.815 bits per heavy atom. The molecule has 0 atom stereocenters. The van der Waals surface area contributed by atoms with Crippen molar-refractivity contribution in [2.24, 2.45) is 0 Å². The first-order chi connectivity index (χ1) is 12.4. The molecule has 0 aromatic carbocycles. The number of allylic oxidation sites excluding steroid dienone is 2. The van der Waals surface area contributed by atoms with Gasteiger partial charge in [-0.15, -0.1) is 0 Å². The molecule has 0 amide bonds. The van der Waals surface area contributed by atoms with Gasteiger partial charge in [-0.05, 0) is 13.8 Å². The van der Waals surface area contributed by atoms with Crippen LogP contribution in [0.15, 0.2) is 10.4 Å². The summed E-state index contributed by atoms with van der Waals surface area (Å²) in [6, 6.07) is 0. The molecule has 3 fully saturated rings. The first kappa shape index (κ1) is 27.4. The van der Waals surface area contributed by atoms with Crippen molar-refractivity contribution in [1.29, 1.82) is 0 Å². The second kappa shape index (κ2) is 14.4. The van der Waals surface area contributed by atoms with Gasteiger partial charge in [-0.3, -0.25) is 0 Å². The predicted molar refractivity (Wildman–Crippen MR) is 118 cm³/mol. The summed E-state index contributed by atoms with van der Waals surface area (Å²) in [7, 11) is -2.64. The van der Waals surface area contributed by atoms with E-state index in [9.17, 15) is 0 Å². The van der Waals surface area contributed by atoms with Gasteiger partial charge in [0.25, 0.3) is 0 Å². The number of ether oxygens (including phenoxy) is 2. The molecule has 1 aliphatic heterocycles. The Balaban J connectivity index is 0.000000496. The van der Waals surface area contributed by atoms with Gasteiger partial charge in [0.2, 0.25) is 0 Å². The van der Waals surface area contributed by atoms with Crippen molar-refractivity contribution in [2.45, 2.75) is 104 Å². The molecule has 2 aliphatic carbocycles. The topological polar surface area (TPSA) is 18.5 Å². The SMILES string of the molecule is C1CCCC1.C1CCCC1.CCO[C-]=C1C(=[C-]OCC)[Si](C)(C)[Si]1(C)C.[Zr+4]. The van der Waals surface area contributed by atoms with Crippen LogP contribution < -0.4 is 0 Å². The van der Waals surface area contributed by atoms with Gasteiger partial charge in [0.05, 0.1) is 13.2 Å². The van der Waals surface area contributed by atoms with Gasteiger partial charge < -0.3 is 19.9 Å². The number of hydrogen-bond donors (Lipinski definition) is 0. The predicted octanol–water partition coefficient (Wildman–Crippen LogP) is 6.92. The fraction of sp³-hybridized carbons (Fsp3) is 0.818. The van der Waals surface area contributed by atoms with Gasteiger partial charge in [-0.25, -0.2) is 0 Å². The standard InChI is InChI=1S/C12H22O2Si2.2C5H10.Zr/c1-7-13-9-11-12(10-14-8-2)16(5,6)15(11,3)4;2*1-2-4-5-3-1;/h7-8H2,1-6H3;2*1-5H2;/q-2;;;+4. The minimum absolute atomic E-state index is 0. The number of hydrogen-bond acceptors (Lipinski definition) is 2. The van der Waals surface area contributed by atoms with E-state index in [-0.39, 0.29) is 26.2 Å². The van der Waals surface area contributed by atoms with Crippen LogP contribution in [0.3, 0.4) is 0 Å². The molecule has 0 radical (unpaired) electrons. The van der Waals surface area contributed by atoms with Gasteiger partial charge >= 0.3 is 26.2 Å². The summed E-state index contributed by atoms with van der Waals surface area (Å²) in [6.45, 7) is 14.9. The van der Waals surface area contributed by atoms with E-state index in [0.29, 0.717) is 13.2 Å². The summed E-state index contributed by atoms with van der Waals surface area (Å²) in [5, 5.41) is 2.55. The van der Waals surface area contributed by atoms with Crippen LogP contribution in [0.1, 0.15) is 78.1 Å². The van der Waals surface area contributed by atoms with Crippen LogP contribution >= 0.6 is 0 Å². The van der Waals surface area contributed by atoms with Crippen LogP contribution in [0.2, 0.25) is 26.2 Å². The third kappa shape index (κ3) is 8.34. The molecule has 3 aliphatic rings. The normalized spacial score (nSPS) is 24.7. The summed E-state index contributed by atoms with van der Waals surface area (Å²) >= 11 is 0. The van der Waals surface area contributed by atoms with Crippen LogP contribution in [0, 0.1) is 12.5 Å². The van der Waals surface area contributed by atoms with E-state index in [2.05, 4.69) is 38.7 Å². The van der Waals surface area contributed by atoms with Gasteiger partial charge in [-0.1, -0.05) is 106 Å². The number of rotatable bonds is 4. The molecule has 1 heterocycles. The van der Waals surface area contributed by atoms with Crippen LogP contribution in [0.25, 0.3) is 0 Å². The molecule has 0 spiro atoms. The van der Waals surface area contributed by atoms with E-state index in [4.69, 9.17) is 9.47 Å². The molecule has 2 saturated carbocycles. The second-order valence-electron chi connectivity index (χ2n) is 8.61. The summed E-state index contributed by atoms with van der Waals surface area (Å²) < 4.78 is 10.7. The molecule has 2 nitrogen and oxygen atoms in total. The monoisotopic (exact) mass is 484 g/mol. The quantitative estimate of drug-likeness (QED) is 0.244. The van der Waals surface area contributed by atoms with Crippen molar-refractivity contribution in [3.05, 3.63) is 22.9 Å². The van der Waals surface area contributed by atoms with Crippen molar-refractivity contribution in [3.63, 3.8) is 0 Å². The second-order valence-corrected chi connectivity index (χ2v) is 23.6. The van der Waals surface area contributed by atoms with Gasteiger partial charge in [0.1, 0.15) is 0 Å². The molecule has 152 valence electrons. The zero-order chi connectivity index (χ0) is 19.5. The van der Waals surface area contributed by atoms with Crippen LogP contribution in [-0.4, -0.2) is 28.4 Å². The van der Waals surface area contributed by atoms with Gasteiger partial charge in [-0.2, -0.15) is 12.5 Å². The molecule has 5 heteroatoms. The molecule has 0 aromatic heterocycles. The van der Waals surface area contributed by atoms with E-state index >= 15 is 0 Å². The largest absolute Gasteiger partial charge is 4.00 e. The van der Waals surface area contributed by atoms with Gasteiger partial charge in [0, 0.05) is 0 Å². The van der Waals surface area contributed by atoms with Crippen LogP contribution in [0.4, 0.5) is 0 Å². The maximum atomic E-state index is 5.33.